The predicted octanol–water partition coefficient (Wildman–Crippen LogP) is -2.36. The molecule has 1 aromatic heterocycles. The van der Waals surface area contributed by atoms with Crippen molar-refractivity contribution in [2.75, 3.05) is 38.0 Å². The summed E-state index contributed by atoms with van der Waals surface area (Å²) in [7, 11) is 3.19. The summed E-state index contributed by atoms with van der Waals surface area (Å²) in [6.45, 7) is 0. The second kappa shape index (κ2) is 6.83. The third-order valence-corrected chi connectivity index (χ3v) is 2.39. The SMILES string of the molecule is CN(C)c1nc(N(C)C)c2ccccc2n1.[O-][Cl+3]([O-])([O-])O. The maximum absolute atomic E-state index is 8.60. The second-order valence-corrected chi connectivity index (χ2v) is 5.34. The van der Waals surface area contributed by atoms with Crippen molar-refractivity contribution in [1.82, 2.24) is 9.97 Å². The largest absolute Gasteiger partial charge is 0.362 e. The van der Waals surface area contributed by atoms with E-state index in [-0.39, 0.29) is 0 Å². The van der Waals surface area contributed by atoms with Crippen molar-refractivity contribution in [3.8, 4) is 0 Å². The van der Waals surface area contributed by atoms with Gasteiger partial charge >= 0.3 is 0 Å². The number of hydrogen-bond acceptors (Lipinski definition) is 8. The van der Waals surface area contributed by atoms with Crippen LogP contribution in [0.3, 0.4) is 0 Å². The van der Waals surface area contributed by atoms with Crippen molar-refractivity contribution in [1.29, 1.82) is 0 Å². The van der Waals surface area contributed by atoms with E-state index >= 15 is 0 Å². The van der Waals surface area contributed by atoms with Gasteiger partial charge in [0, 0.05) is 33.6 Å². The first-order chi connectivity index (χ1) is 9.59. The number of rotatable bonds is 2. The van der Waals surface area contributed by atoms with Gasteiger partial charge in [0.25, 0.3) is 0 Å². The van der Waals surface area contributed by atoms with E-state index in [2.05, 4.69) is 9.97 Å². The second-order valence-electron chi connectivity index (χ2n) is 4.55. The maximum atomic E-state index is 8.60. The molecule has 2 rings (SSSR count). The molecular weight excluding hydrogens is 300 g/mol. The average molecular weight is 317 g/mol. The van der Waals surface area contributed by atoms with Crippen LogP contribution in [0.5, 0.6) is 0 Å². The Balaban J connectivity index is 0.000000383. The van der Waals surface area contributed by atoms with Crippen molar-refractivity contribution < 1.29 is 28.9 Å². The molecule has 21 heavy (non-hydrogen) atoms. The van der Waals surface area contributed by atoms with Crippen molar-refractivity contribution in [2.24, 2.45) is 0 Å². The summed E-state index contributed by atoms with van der Waals surface area (Å²) in [5, 5.41) is 1.08. The molecule has 1 heterocycles. The number of fused-ring (bicyclic) bond motifs is 1. The Kier molecular flexibility index (Phi) is 5.64. The van der Waals surface area contributed by atoms with Gasteiger partial charge in [0.15, 0.2) is 0 Å². The molecule has 0 radical (unpaired) electrons. The topological polar surface area (TPSA) is 122 Å². The van der Waals surface area contributed by atoms with Crippen LogP contribution in [-0.4, -0.2) is 42.8 Å². The monoisotopic (exact) mass is 316 g/mol. The average Bonchev–Trinajstić information content (AvgIpc) is 2.35. The highest BCUT2D eigenvalue weighted by molar-refractivity contribution is 5.90. The summed E-state index contributed by atoms with van der Waals surface area (Å²) in [6.07, 6.45) is 0. The molecule has 9 heteroatoms. The maximum Gasteiger partial charge on any atom is 0.227 e. The Bertz CT molecular complexity index is 595. The van der Waals surface area contributed by atoms with Gasteiger partial charge in [-0.3, -0.25) is 0 Å². The number of hydrogen-bond donors (Lipinski definition) is 1. The minimum absolute atomic E-state index is 0.738. The Morgan fingerprint density at radius 2 is 1.48 bits per heavy atom. The van der Waals surface area contributed by atoms with Crippen LogP contribution in [0.4, 0.5) is 11.8 Å². The Morgan fingerprint density at radius 1 is 0.952 bits per heavy atom. The molecule has 1 aromatic carbocycles. The third kappa shape index (κ3) is 5.66. The van der Waals surface area contributed by atoms with Gasteiger partial charge in [0.05, 0.1) is 20.4 Å². The fourth-order valence-corrected chi connectivity index (χ4v) is 1.59. The van der Waals surface area contributed by atoms with E-state index in [1.54, 1.807) is 0 Å². The van der Waals surface area contributed by atoms with Gasteiger partial charge in [-0.2, -0.15) is 19.0 Å². The molecule has 0 saturated carbocycles. The molecule has 0 atom stereocenters. The summed E-state index contributed by atoms with van der Waals surface area (Å²) in [6, 6.07) is 8.06. The summed E-state index contributed by atoms with van der Waals surface area (Å²) < 4.78 is 32.7. The molecule has 0 aliphatic heterocycles. The molecule has 116 valence electrons. The number of benzene rings is 1. The zero-order valence-electron chi connectivity index (χ0n) is 12.1. The van der Waals surface area contributed by atoms with E-state index in [1.165, 1.54) is 0 Å². The van der Waals surface area contributed by atoms with Crippen molar-refractivity contribution >= 4 is 22.7 Å². The van der Waals surface area contributed by atoms with Crippen LogP contribution in [0.2, 0.25) is 0 Å². The first-order valence-corrected chi connectivity index (χ1v) is 7.10. The number of halogens is 1. The highest BCUT2D eigenvalue weighted by Gasteiger charge is 2.09. The van der Waals surface area contributed by atoms with Crippen LogP contribution in [0.1, 0.15) is 0 Å². The lowest BCUT2D eigenvalue weighted by Crippen LogP contribution is -2.58. The smallest absolute Gasteiger partial charge is 0.227 e. The highest BCUT2D eigenvalue weighted by Crippen LogP contribution is 2.24. The van der Waals surface area contributed by atoms with Gasteiger partial charge in [0.1, 0.15) is 5.82 Å². The standard InChI is InChI=1S/C12H16N4.ClHO4/c1-15(2)11-9-7-5-6-8-10(9)13-12(14-11)16(3)4;2-1(3,4)5/h5-8H,1-4H3;(H,2,3,4,5). The highest BCUT2D eigenvalue weighted by atomic mass is 35.7. The Labute approximate surface area is 124 Å². The third-order valence-electron chi connectivity index (χ3n) is 2.39. The van der Waals surface area contributed by atoms with Gasteiger partial charge in [0.2, 0.25) is 5.95 Å². The zero-order chi connectivity index (χ0) is 16.2. The zero-order valence-corrected chi connectivity index (χ0v) is 12.9. The Hall–Kier alpha value is -1.71. The number of aromatic nitrogens is 2. The molecule has 0 aliphatic carbocycles. The number of para-hydroxylation sites is 1. The molecule has 0 saturated heterocycles. The van der Waals surface area contributed by atoms with Gasteiger partial charge in [-0.15, -0.1) is 0 Å². The van der Waals surface area contributed by atoms with Crippen LogP contribution in [0.25, 0.3) is 10.9 Å². The number of anilines is 2. The predicted molar refractivity (Wildman–Crippen MR) is 70.4 cm³/mol. The first kappa shape index (κ1) is 17.3. The van der Waals surface area contributed by atoms with Crippen molar-refractivity contribution in [3.63, 3.8) is 0 Å². The van der Waals surface area contributed by atoms with Crippen LogP contribution in [0, 0.1) is 10.2 Å². The van der Waals surface area contributed by atoms with E-state index in [9.17, 15) is 0 Å². The molecular formula is C12H17ClN4O4. The van der Waals surface area contributed by atoms with E-state index in [1.807, 2.05) is 62.3 Å². The van der Waals surface area contributed by atoms with Gasteiger partial charge < -0.3 is 9.80 Å². The molecule has 0 aliphatic rings. The van der Waals surface area contributed by atoms with Crippen LogP contribution < -0.4 is 23.8 Å². The lowest BCUT2D eigenvalue weighted by molar-refractivity contribution is -1.92. The van der Waals surface area contributed by atoms with Crippen molar-refractivity contribution in [2.45, 2.75) is 0 Å². The summed E-state index contributed by atoms with van der Waals surface area (Å²) in [4.78, 5) is 13.0. The molecule has 1 N–H and O–H groups in total. The molecule has 0 bridgehead atoms. The van der Waals surface area contributed by atoms with E-state index in [0.29, 0.717) is 0 Å². The molecule has 0 unspecified atom stereocenters. The Morgan fingerprint density at radius 3 is 1.95 bits per heavy atom. The number of nitrogens with zero attached hydrogens (tertiary/aromatic N) is 4. The van der Waals surface area contributed by atoms with Crippen molar-refractivity contribution in [3.05, 3.63) is 24.3 Å². The van der Waals surface area contributed by atoms with Crippen LogP contribution in [-0.2, 0) is 0 Å². The normalized spacial score (nSPS) is 10.9. The van der Waals surface area contributed by atoms with E-state index in [0.717, 1.165) is 22.7 Å². The first-order valence-electron chi connectivity index (χ1n) is 5.84. The summed E-state index contributed by atoms with van der Waals surface area (Å²) >= 11 is 0. The van der Waals surface area contributed by atoms with Crippen LogP contribution >= 0.6 is 0 Å². The summed E-state index contributed by atoms with van der Waals surface area (Å²) in [5.41, 5.74) is 0.977. The van der Waals surface area contributed by atoms with Gasteiger partial charge in [-0.1, -0.05) is 12.1 Å². The quantitative estimate of drug-likeness (QED) is 0.653. The lowest BCUT2D eigenvalue weighted by atomic mass is 10.2. The van der Waals surface area contributed by atoms with Gasteiger partial charge in [-0.25, -0.2) is 4.98 Å². The van der Waals surface area contributed by atoms with E-state index < -0.39 is 10.2 Å². The van der Waals surface area contributed by atoms with E-state index in [4.69, 9.17) is 18.6 Å². The lowest BCUT2D eigenvalue weighted by Gasteiger charge is -2.17. The molecule has 0 fully saturated rings. The van der Waals surface area contributed by atoms with Crippen LogP contribution in [0.15, 0.2) is 24.3 Å². The minimum atomic E-state index is -4.69. The fourth-order valence-electron chi connectivity index (χ4n) is 1.59. The fraction of sp³-hybridized carbons (Fsp3) is 0.333. The molecule has 0 spiro atoms. The minimum Gasteiger partial charge on any atom is -0.362 e. The molecule has 2 aromatic rings. The molecule has 0 amide bonds. The summed E-state index contributed by atoms with van der Waals surface area (Å²) in [5.74, 6) is 1.69. The molecule has 8 nitrogen and oxygen atoms in total. The van der Waals surface area contributed by atoms with Gasteiger partial charge in [-0.05, 0) is 12.1 Å².